The molecular formula is C17H19Cl2NS. The summed E-state index contributed by atoms with van der Waals surface area (Å²) in [5, 5.41) is 4.56. The molecule has 0 fully saturated rings. The fourth-order valence-corrected chi connectivity index (χ4v) is 4.58. The fraction of sp³-hybridized carbons (Fsp3) is 0.412. The highest BCUT2D eigenvalue weighted by Gasteiger charge is 2.23. The monoisotopic (exact) mass is 339 g/mol. The highest BCUT2D eigenvalue weighted by atomic mass is 35.5. The topological polar surface area (TPSA) is 12.0 Å². The van der Waals surface area contributed by atoms with Crippen molar-refractivity contribution in [2.24, 2.45) is 0 Å². The van der Waals surface area contributed by atoms with Gasteiger partial charge in [0.1, 0.15) is 0 Å². The molecule has 2 atom stereocenters. The highest BCUT2D eigenvalue weighted by Crippen LogP contribution is 2.38. The first kappa shape index (κ1) is 15.4. The van der Waals surface area contributed by atoms with Crippen LogP contribution >= 0.6 is 34.5 Å². The lowest BCUT2D eigenvalue weighted by Crippen LogP contribution is -2.33. The smallest absolute Gasteiger partial charge is 0.0934 e. The quantitative estimate of drug-likeness (QED) is 0.758. The number of halogens is 2. The molecule has 0 saturated carbocycles. The molecule has 1 aliphatic rings. The molecule has 0 amide bonds. The Morgan fingerprint density at radius 1 is 1.29 bits per heavy atom. The van der Waals surface area contributed by atoms with Crippen LogP contribution in [0.15, 0.2) is 30.3 Å². The molecule has 1 aromatic carbocycles. The van der Waals surface area contributed by atoms with E-state index in [2.05, 4.69) is 30.4 Å². The summed E-state index contributed by atoms with van der Waals surface area (Å²) < 4.78 is 0.916. The van der Waals surface area contributed by atoms with E-state index in [-0.39, 0.29) is 0 Å². The molecule has 0 bridgehead atoms. The second kappa shape index (κ2) is 6.70. The van der Waals surface area contributed by atoms with Crippen molar-refractivity contribution in [2.45, 2.75) is 44.7 Å². The highest BCUT2D eigenvalue weighted by molar-refractivity contribution is 7.16. The minimum Gasteiger partial charge on any atom is -0.307 e. The van der Waals surface area contributed by atoms with E-state index in [1.807, 2.05) is 12.1 Å². The van der Waals surface area contributed by atoms with Crippen LogP contribution in [0.4, 0.5) is 0 Å². The molecule has 1 aliphatic carbocycles. The van der Waals surface area contributed by atoms with Gasteiger partial charge >= 0.3 is 0 Å². The van der Waals surface area contributed by atoms with Crippen molar-refractivity contribution >= 4 is 34.5 Å². The van der Waals surface area contributed by atoms with Gasteiger partial charge in [-0.1, -0.05) is 35.3 Å². The van der Waals surface area contributed by atoms with Gasteiger partial charge in [0.05, 0.1) is 4.34 Å². The lowest BCUT2D eigenvalue weighted by molar-refractivity contribution is 0.409. The molecule has 0 aliphatic heterocycles. The van der Waals surface area contributed by atoms with Crippen LogP contribution in [0.1, 0.15) is 41.8 Å². The van der Waals surface area contributed by atoms with Gasteiger partial charge in [0.2, 0.25) is 0 Å². The standard InChI is InChI=1S/C17H19Cl2NS/c1-11(9-12-5-7-13(18)8-6-12)20-15-3-2-4-16-14(15)10-17(19)21-16/h5-8,10-11,15,20H,2-4,9H2,1H3. The number of benzene rings is 1. The van der Waals surface area contributed by atoms with E-state index < -0.39 is 0 Å². The Labute approximate surface area is 140 Å². The van der Waals surface area contributed by atoms with Gasteiger partial charge in [0.25, 0.3) is 0 Å². The summed E-state index contributed by atoms with van der Waals surface area (Å²) in [5.41, 5.74) is 2.73. The lowest BCUT2D eigenvalue weighted by atomic mass is 9.93. The average Bonchev–Trinajstić information content (AvgIpc) is 2.83. The Morgan fingerprint density at radius 3 is 2.81 bits per heavy atom. The zero-order chi connectivity index (χ0) is 14.8. The summed E-state index contributed by atoms with van der Waals surface area (Å²) in [5.74, 6) is 0. The maximum absolute atomic E-state index is 6.18. The Hall–Kier alpha value is -0.540. The normalized spacial score (nSPS) is 19.3. The van der Waals surface area contributed by atoms with E-state index in [1.54, 1.807) is 11.3 Å². The largest absolute Gasteiger partial charge is 0.307 e. The van der Waals surface area contributed by atoms with Crippen LogP contribution in [0.2, 0.25) is 9.36 Å². The third-order valence-corrected chi connectivity index (χ3v) is 5.62. The van der Waals surface area contributed by atoms with E-state index in [1.165, 1.54) is 35.3 Å². The second-order valence-corrected chi connectivity index (χ2v) is 7.98. The second-order valence-electron chi connectivity index (χ2n) is 5.77. The molecule has 1 aromatic heterocycles. The molecule has 112 valence electrons. The third-order valence-electron chi connectivity index (χ3n) is 4.02. The molecule has 0 spiro atoms. The minimum absolute atomic E-state index is 0.431. The average molecular weight is 340 g/mol. The number of aryl methyl sites for hydroxylation is 1. The van der Waals surface area contributed by atoms with Crippen LogP contribution in [0, 0.1) is 0 Å². The number of nitrogens with one attached hydrogen (secondary N) is 1. The maximum Gasteiger partial charge on any atom is 0.0934 e. The molecule has 3 rings (SSSR count). The molecule has 21 heavy (non-hydrogen) atoms. The van der Waals surface area contributed by atoms with Crippen LogP contribution in [0.3, 0.4) is 0 Å². The molecule has 1 heterocycles. The summed E-state index contributed by atoms with van der Waals surface area (Å²) in [7, 11) is 0. The molecular weight excluding hydrogens is 321 g/mol. The zero-order valence-corrected chi connectivity index (χ0v) is 14.4. The predicted octanol–water partition coefficient (Wildman–Crippen LogP) is 5.65. The lowest BCUT2D eigenvalue weighted by Gasteiger charge is -2.27. The Bertz CT molecular complexity index is 606. The van der Waals surface area contributed by atoms with Crippen molar-refractivity contribution in [3.63, 3.8) is 0 Å². The van der Waals surface area contributed by atoms with Gasteiger partial charge in [0.15, 0.2) is 0 Å². The number of fused-ring (bicyclic) bond motifs is 1. The first-order valence-electron chi connectivity index (χ1n) is 7.40. The van der Waals surface area contributed by atoms with Gasteiger partial charge in [-0.15, -0.1) is 11.3 Å². The predicted molar refractivity (Wildman–Crippen MR) is 92.8 cm³/mol. The maximum atomic E-state index is 6.18. The third kappa shape index (κ3) is 3.81. The SMILES string of the molecule is CC(Cc1ccc(Cl)cc1)NC1CCCc2sc(Cl)cc21. The van der Waals surface area contributed by atoms with Gasteiger partial charge in [-0.2, -0.15) is 0 Å². The summed E-state index contributed by atoms with van der Waals surface area (Å²) >= 11 is 13.8. The van der Waals surface area contributed by atoms with E-state index in [0.29, 0.717) is 12.1 Å². The van der Waals surface area contributed by atoms with Crippen LogP contribution in [0.25, 0.3) is 0 Å². The van der Waals surface area contributed by atoms with Crippen molar-refractivity contribution in [3.8, 4) is 0 Å². The van der Waals surface area contributed by atoms with Gasteiger partial charge in [-0.3, -0.25) is 0 Å². The molecule has 2 unspecified atom stereocenters. The number of hydrogen-bond donors (Lipinski definition) is 1. The summed E-state index contributed by atoms with van der Waals surface area (Å²) in [6.45, 7) is 2.25. The Balaban J connectivity index is 1.65. The van der Waals surface area contributed by atoms with Crippen molar-refractivity contribution in [3.05, 3.63) is 55.7 Å². The number of hydrogen-bond acceptors (Lipinski definition) is 2. The van der Waals surface area contributed by atoms with Gasteiger partial charge in [-0.05, 0) is 61.9 Å². The summed E-state index contributed by atoms with van der Waals surface area (Å²) in [6, 6.07) is 11.2. The fourth-order valence-electron chi connectivity index (χ4n) is 3.07. The van der Waals surface area contributed by atoms with Gasteiger partial charge in [-0.25, -0.2) is 0 Å². The van der Waals surface area contributed by atoms with Crippen molar-refractivity contribution in [1.29, 1.82) is 0 Å². The molecule has 0 saturated heterocycles. The van der Waals surface area contributed by atoms with Crippen LogP contribution < -0.4 is 5.32 Å². The summed E-state index contributed by atoms with van der Waals surface area (Å²) in [6.07, 6.45) is 4.64. The van der Waals surface area contributed by atoms with E-state index in [9.17, 15) is 0 Å². The summed E-state index contributed by atoms with van der Waals surface area (Å²) in [4.78, 5) is 1.46. The Kier molecular flexibility index (Phi) is 4.90. The zero-order valence-electron chi connectivity index (χ0n) is 12.0. The van der Waals surface area contributed by atoms with Crippen LogP contribution in [0.5, 0.6) is 0 Å². The molecule has 1 N–H and O–H groups in total. The molecule has 4 heteroatoms. The van der Waals surface area contributed by atoms with E-state index in [4.69, 9.17) is 23.2 Å². The number of thiophene rings is 1. The van der Waals surface area contributed by atoms with E-state index >= 15 is 0 Å². The molecule has 2 aromatic rings. The van der Waals surface area contributed by atoms with Crippen LogP contribution in [-0.4, -0.2) is 6.04 Å². The first-order chi connectivity index (χ1) is 10.1. The van der Waals surface area contributed by atoms with Crippen molar-refractivity contribution in [1.82, 2.24) is 5.32 Å². The minimum atomic E-state index is 0.431. The van der Waals surface area contributed by atoms with E-state index in [0.717, 1.165) is 15.8 Å². The Morgan fingerprint density at radius 2 is 2.05 bits per heavy atom. The molecule has 1 nitrogen and oxygen atoms in total. The number of rotatable bonds is 4. The first-order valence-corrected chi connectivity index (χ1v) is 8.97. The van der Waals surface area contributed by atoms with Crippen LogP contribution in [-0.2, 0) is 12.8 Å². The van der Waals surface area contributed by atoms with Gasteiger partial charge < -0.3 is 5.32 Å². The van der Waals surface area contributed by atoms with Crippen molar-refractivity contribution in [2.75, 3.05) is 0 Å². The van der Waals surface area contributed by atoms with Crippen molar-refractivity contribution < 1.29 is 0 Å². The molecule has 0 radical (unpaired) electrons. The van der Waals surface area contributed by atoms with Gasteiger partial charge in [0, 0.05) is 22.0 Å².